The van der Waals surface area contributed by atoms with Crippen molar-refractivity contribution in [2.75, 3.05) is 11.5 Å². The summed E-state index contributed by atoms with van der Waals surface area (Å²) < 4.78 is 24.7. The van der Waals surface area contributed by atoms with E-state index in [-0.39, 0.29) is 23.5 Å². The minimum atomic E-state index is -3.09. The minimum Gasteiger partial charge on any atom is -0.331 e. The molecule has 1 saturated heterocycles. The highest BCUT2D eigenvalue weighted by atomic mass is 79.9. The van der Waals surface area contributed by atoms with Gasteiger partial charge in [0.2, 0.25) is 5.91 Å². The zero-order chi connectivity index (χ0) is 19.4. The van der Waals surface area contributed by atoms with Gasteiger partial charge in [-0.05, 0) is 47.9 Å². The predicted octanol–water partition coefficient (Wildman–Crippen LogP) is 4.33. The Morgan fingerprint density at radius 2 is 1.96 bits per heavy atom. The molecule has 0 bridgehead atoms. The lowest BCUT2D eigenvalue weighted by Crippen LogP contribution is -2.39. The number of carbonyl (C=O) groups is 1. The van der Waals surface area contributed by atoms with E-state index >= 15 is 0 Å². The van der Waals surface area contributed by atoms with Crippen molar-refractivity contribution in [3.05, 3.63) is 75.2 Å². The zero-order valence-electron chi connectivity index (χ0n) is 14.5. The maximum atomic E-state index is 12.9. The fraction of sp³-hybridized carbons (Fsp3) is 0.250. The van der Waals surface area contributed by atoms with E-state index in [0.29, 0.717) is 18.0 Å². The molecule has 1 heterocycles. The van der Waals surface area contributed by atoms with Gasteiger partial charge in [0, 0.05) is 28.2 Å². The maximum Gasteiger partial charge on any atom is 0.247 e. The van der Waals surface area contributed by atoms with Crippen molar-refractivity contribution in [1.82, 2.24) is 4.90 Å². The molecule has 1 aliphatic heterocycles. The second-order valence-electron chi connectivity index (χ2n) is 6.54. The molecule has 1 amide bonds. The number of hydrogen-bond acceptors (Lipinski definition) is 3. The summed E-state index contributed by atoms with van der Waals surface area (Å²) in [7, 11) is -3.09. The van der Waals surface area contributed by atoms with Crippen LogP contribution in [0.2, 0.25) is 5.02 Å². The van der Waals surface area contributed by atoms with Crippen molar-refractivity contribution in [3.63, 3.8) is 0 Å². The van der Waals surface area contributed by atoms with Crippen molar-refractivity contribution in [1.29, 1.82) is 0 Å². The van der Waals surface area contributed by atoms with E-state index in [1.54, 1.807) is 23.1 Å². The van der Waals surface area contributed by atoms with Gasteiger partial charge >= 0.3 is 0 Å². The number of carbonyl (C=O) groups excluding carboxylic acids is 1. The monoisotopic (exact) mass is 467 g/mol. The number of amides is 1. The Morgan fingerprint density at radius 3 is 2.59 bits per heavy atom. The molecule has 0 spiro atoms. The molecular weight excluding hydrogens is 450 g/mol. The smallest absolute Gasteiger partial charge is 0.247 e. The van der Waals surface area contributed by atoms with Gasteiger partial charge in [-0.1, -0.05) is 51.8 Å². The van der Waals surface area contributed by atoms with E-state index in [1.165, 1.54) is 6.08 Å². The molecule has 1 atom stereocenters. The second kappa shape index (κ2) is 8.59. The van der Waals surface area contributed by atoms with Crippen LogP contribution >= 0.6 is 27.5 Å². The number of benzene rings is 2. The van der Waals surface area contributed by atoms with Crippen LogP contribution in [0.5, 0.6) is 0 Å². The molecule has 4 nitrogen and oxygen atoms in total. The van der Waals surface area contributed by atoms with Gasteiger partial charge in [-0.15, -0.1) is 0 Å². The molecule has 27 heavy (non-hydrogen) atoms. The van der Waals surface area contributed by atoms with Crippen LogP contribution in [0.1, 0.15) is 17.5 Å². The lowest BCUT2D eigenvalue weighted by atomic mass is 10.1. The highest BCUT2D eigenvalue weighted by molar-refractivity contribution is 9.10. The van der Waals surface area contributed by atoms with Crippen molar-refractivity contribution < 1.29 is 13.2 Å². The molecule has 7 heteroatoms. The highest BCUT2D eigenvalue weighted by Crippen LogP contribution is 2.22. The van der Waals surface area contributed by atoms with Crippen molar-refractivity contribution >= 4 is 49.4 Å². The number of sulfone groups is 1. The van der Waals surface area contributed by atoms with Crippen LogP contribution in [0.15, 0.2) is 59.1 Å². The molecule has 1 fully saturated rings. The molecular formula is C20H19BrClNO3S. The summed E-state index contributed by atoms with van der Waals surface area (Å²) in [5.41, 5.74) is 1.80. The molecule has 2 aromatic carbocycles. The first kappa shape index (κ1) is 20.1. The van der Waals surface area contributed by atoms with Gasteiger partial charge in [0.15, 0.2) is 9.84 Å². The normalized spacial score (nSPS) is 18.7. The Bertz CT molecular complexity index is 957. The highest BCUT2D eigenvalue weighted by Gasteiger charge is 2.34. The number of hydrogen-bond donors (Lipinski definition) is 0. The zero-order valence-corrected chi connectivity index (χ0v) is 17.7. The van der Waals surface area contributed by atoms with Crippen LogP contribution in [0.3, 0.4) is 0 Å². The van der Waals surface area contributed by atoms with Crippen LogP contribution < -0.4 is 0 Å². The third kappa shape index (κ3) is 5.67. The molecule has 0 N–H and O–H groups in total. The number of nitrogens with zero attached hydrogens (tertiary/aromatic N) is 1. The predicted molar refractivity (Wildman–Crippen MR) is 112 cm³/mol. The van der Waals surface area contributed by atoms with E-state index in [1.807, 2.05) is 36.4 Å². The average molecular weight is 469 g/mol. The topological polar surface area (TPSA) is 54.5 Å². The molecule has 2 aromatic rings. The van der Waals surface area contributed by atoms with Crippen LogP contribution in [0.4, 0.5) is 0 Å². The lowest BCUT2D eigenvalue weighted by Gasteiger charge is -2.27. The summed E-state index contributed by atoms with van der Waals surface area (Å²) in [5.74, 6) is -0.0606. The van der Waals surface area contributed by atoms with Gasteiger partial charge in [-0.3, -0.25) is 4.79 Å². The summed E-state index contributed by atoms with van der Waals surface area (Å²) in [6, 6.07) is 14.5. The Morgan fingerprint density at radius 1 is 1.22 bits per heavy atom. The first-order valence-electron chi connectivity index (χ1n) is 8.51. The van der Waals surface area contributed by atoms with E-state index in [0.717, 1.165) is 15.6 Å². The van der Waals surface area contributed by atoms with Gasteiger partial charge in [0.1, 0.15) is 0 Å². The van der Waals surface area contributed by atoms with Gasteiger partial charge in [0.05, 0.1) is 11.5 Å². The van der Waals surface area contributed by atoms with Gasteiger partial charge in [0.25, 0.3) is 0 Å². The van der Waals surface area contributed by atoms with Crippen LogP contribution in [0.25, 0.3) is 6.08 Å². The minimum absolute atomic E-state index is 0.0154. The Balaban J connectivity index is 1.81. The molecule has 1 aliphatic rings. The molecule has 3 rings (SSSR count). The molecule has 0 unspecified atom stereocenters. The molecule has 0 saturated carbocycles. The van der Waals surface area contributed by atoms with Gasteiger partial charge < -0.3 is 4.90 Å². The Kier molecular flexibility index (Phi) is 6.40. The second-order valence-corrected chi connectivity index (χ2v) is 10.1. The SMILES string of the molecule is O=C(/C=C/c1ccc(Cl)cc1)N(Cc1cccc(Br)c1)[C@@H]1CCS(=O)(=O)C1. The molecule has 142 valence electrons. The molecule has 0 aromatic heterocycles. The van der Waals surface area contributed by atoms with E-state index in [9.17, 15) is 13.2 Å². The average Bonchev–Trinajstić information content (AvgIpc) is 2.98. The van der Waals surface area contributed by atoms with Crippen LogP contribution in [-0.2, 0) is 21.2 Å². The van der Waals surface area contributed by atoms with E-state index < -0.39 is 9.84 Å². The first-order valence-corrected chi connectivity index (χ1v) is 11.5. The summed E-state index contributed by atoms with van der Waals surface area (Å²) in [5, 5.41) is 0.630. The summed E-state index contributed by atoms with van der Waals surface area (Å²) in [6.07, 6.45) is 3.68. The number of rotatable bonds is 5. The third-order valence-electron chi connectivity index (χ3n) is 4.46. The first-order chi connectivity index (χ1) is 12.8. The maximum absolute atomic E-state index is 12.9. The quantitative estimate of drug-likeness (QED) is 0.614. The van der Waals surface area contributed by atoms with Crippen molar-refractivity contribution in [2.45, 2.75) is 19.0 Å². The van der Waals surface area contributed by atoms with Crippen molar-refractivity contribution in [3.8, 4) is 0 Å². The van der Waals surface area contributed by atoms with E-state index in [2.05, 4.69) is 15.9 Å². The van der Waals surface area contributed by atoms with Crippen LogP contribution in [-0.4, -0.2) is 36.8 Å². The van der Waals surface area contributed by atoms with Gasteiger partial charge in [-0.2, -0.15) is 0 Å². The third-order valence-corrected chi connectivity index (χ3v) is 6.96. The molecule has 0 aliphatic carbocycles. The largest absolute Gasteiger partial charge is 0.331 e. The summed E-state index contributed by atoms with van der Waals surface area (Å²) in [4.78, 5) is 14.5. The number of halogens is 2. The summed E-state index contributed by atoms with van der Waals surface area (Å²) >= 11 is 9.31. The Labute approximate surface area is 172 Å². The van der Waals surface area contributed by atoms with E-state index in [4.69, 9.17) is 11.6 Å². The Hall–Kier alpha value is -1.63. The fourth-order valence-electron chi connectivity index (χ4n) is 3.08. The fourth-order valence-corrected chi connectivity index (χ4v) is 5.38. The van der Waals surface area contributed by atoms with Crippen LogP contribution in [0, 0.1) is 0 Å². The lowest BCUT2D eigenvalue weighted by molar-refractivity contribution is -0.128. The van der Waals surface area contributed by atoms with Gasteiger partial charge in [-0.25, -0.2) is 8.42 Å². The van der Waals surface area contributed by atoms with Crippen molar-refractivity contribution in [2.24, 2.45) is 0 Å². The molecule has 0 radical (unpaired) electrons. The summed E-state index contributed by atoms with van der Waals surface area (Å²) in [6.45, 7) is 0.365. The standard InChI is InChI=1S/C20H19BrClNO3S/c21-17-3-1-2-16(12-17)13-23(19-10-11-27(25,26)14-19)20(24)9-6-15-4-7-18(22)8-5-15/h1-9,12,19H,10-11,13-14H2/b9-6+/t19-/m1/s1.